The summed E-state index contributed by atoms with van der Waals surface area (Å²) in [4.78, 5) is 11.9. The maximum absolute atomic E-state index is 11.9. The first-order valence-corrected chi connectivity index (χ1v) is 5.57. The smallest absolute Gasteiger partial charge is 0.355 e. The number of nitrogens with zero attached hydrogens (tertiary/aromatic N) is 1. The van der Waals surface area contributed by atoms with Gasteiger partial charge < -0.3 is 15.0 Å². The zero-order valence-corrected chi connectivity index (χ0v) is 9.99. The minimum Gasteiger partial charge on any atom is -0.455 e. The second kappa shape index (κ2) is 3.54. The summed E-state index contributed by atoms with van der Waals surface area (Å²) in [6.07, 6.45) is 4.05. The Balaban J connectivity index is 2.22. The van der Waals surface area contributed by atoms with Gasteiger partial charge in [-0.1, -0.05) is 0 Å². The van der Waals surface area contributed by atoms with Gasteiger partial charge in [0.05, 0.1) is 5.69 Å². The Hall–Kier alpha value is -1.45. The highest BCUT2D eigenvalue weighted by Crippen LogP contribution is 2.37. The van der Waals surface area contributed by atoms with Crippen LogP contribution >= 0.6 is 0 Å². The molecule has 4 heteroatoms. The van der Waals surface area contributed by atoms with Gasteiger partial charge in [0, 0.05) is 12.2 Å². The predicted octanol–water partition coefficient (Wildman–Crippen LogP) is 2.36. The van der Waals surface area contributed by atoms with E-state index in [0.29, 0.717) is 17.4 Å². The lowest BCUT2D eigenvalue weighted by atomic mass is 10.2. The molecule has 4 nitrogen and oxygen atoms in total. The van der Waals surface area contributed by atoms with E-state index in [-0.39, 0.29) is 5.97 Å². The van der Waals surface area contributed by atoms with Gasteiger partial charge in [-0.3, -0.25) is 0 Å². The molecular formula is C12H18N2O2. The molecule has 16 heavy (non-hydrogen) atoms. The van der Waals surface area contributed by atoms with Gasteiger partial charge in [0.1, 0.15) is 11.3 Å². The summed E-state index contributed by atoms with van der Waals surface area (Å²) < 4.78 is 7.27. The van der Waals surface area contributed by atoms with Crippen LogP contribution < -0.4 is 5.73 Å². The van der Waals surface area contributed by atoms with Crippen molar-refractivity contribution in [1.29, 1.82) is 0 Å². The lowest BCUT2D eigenvalue weighted by Crippen LogP contribution is -2.25. The molecule has 1 aliphatic carbocycles. The zero-order valence-electron chi connectivity index (χ0n) is 9.99. The number of carbonyl (C=O) groups excluding carboxylic acids is 1. The molecule has 0 aliphatic heterocycles. The van der Waals surface area contributed by atoms with E-state index in [0.717, 1.165) is 12.8 Å². The predicted molar refractivity (Wildman–Crippen MR) is 62.3 cm³/mol. The van der Waals surface area contributed by atoms with Crippen molar-refractivity contribution in [1.82, 2.24) is 4.57 Å². The first-order chi connectivity index (χ1) is 7.37. The molecule has 0 atom stereocenters. The third kappa shape index (κ3) is 2.38. The molecule has 1 aromatic rings. The van der Waals surface area contributed by atoms with Gasteiger partial charge in [-0.2, -0.15) is 0 Å². The zero-order chi connectivity index (χ0) is 11.9. The third-order valence-corrected chi connectivity index (χ3v) is 2.42. The van der Waals surface area contributed by atoms with E-state index < -0.39 is 5.60 Å². The lowest BCUT2D eigenvalue weighted by molar-refractivity contribution is 0.00575. The molecule has 2 N–H and O–H groups in total. The highest BCUT2D eigenvalue weighted by Gasteiger charge is 2.29. The summed E-state index contributed by atoms with van der Waals surface area (Å²) in [5.74, 6) is -0.295. The fourth-order valence-electron chi connectivity index (χ4n) is 1.65. The summed E-state index contributed by atoms with van der Waals surface area (Å²) in [6.45, 7) is 5.58. The van der Waals surface area contributed by atoms with Gasteiger partial charge in [0.15, 0.2) is 0 Å². The van der Waals surface area contributed by atoms with Gasteiger partial charge >= 0.3 is 5.97 Å². The van der Waals surface area contributed by atoms with Crippen LogP contribution in [-0.2, 0) is 4.74 Å². The van der Waals surface area contributed by atoms with E-state index in [1.807, 2.05) is 31.5 Å². The molecule has 0 saturated heterocycles. The molecule has 0 unspecified atom stereocenters. The van der Waals surface area contributed by atoms with Crippen molar-refractivity contribution in [2.75, 3.05) is 5.73 Å². The van der Waals surface area contributed by atoms with Gasteiger partial charge in [0.25, 0.3) is 0 Å². The Bertz CT molecular complexity index is 411. The number of hydrogen-bond donors (Lipinski definition) is 1. The Labute approximate surface area is 95.4 Å². The van der Waals surface area contributed by atoms with Crippen molar-refractivity contribution in [3.05, 3.63) is 18.0 Å². The monoisotopic (exact) mass is 222 g/mol. The van der Waals surface area contributed by atoms with Crippen LogP contribution in [0.1, 0.15) is 50.1 Å². The van der Waals surface area contributed by atoms with Crippen LogP contribution in [0.4, 0.5) is 5.69 Å². The van der Waals surface area contributed by atoms with Crippen LogP contribution in [0.5, 0.6) is 0 Å². The van der Waals surface area contributed by atoms with Gasteiger partial charge in [-0.05, 0) is 39.7 Å². The molecule has 1 aromatic heterocycles. The van der Waals surface area contributed by atoms with Crippen LogP contribution in [-0.4, -0.2) is 16.1 Å². The van der Waals surface area contributed by atoms with Crippen molar-refractivity contribution in [2.24, 2.45) is 0 Å². The van der Waals surface area contributed by atoms with Crippen molar-refractivity contribution in [2.45, 2.75) is 45.3 Å². The fraction of sp³-hybridized carbons (Fsp3) is 0.583. The number of aromatic nitrogens is 1. The Morgan fingerprint density at radius 3 is 2.62 bits per heavy atom. The number of anilines is 1. The van der Waals surface area contributed by atoms with E-state index >= 15 is 0 Å². The van der Waals surface area contributed by atoms with E-state index in [2.05, 4.69) is 0 Å². The SMILES string of the molecule is CC(C)(C)OC(=O)c1cc(N)cn1C1CC1. The standard InChI is InChI=1S/C12H18N2O2/c1-12(2,3)16-11(15)10-6-8(13)7-14(10)9-4-5-9/h6-7,9H,4-5,13H2,1-3H3. The molecule has 2 rings (SSSR count). The second-order valence-corrected chi connectivity index (χ2v) is 5.30. The van der Waals surface area contributed by atoms with Gasteiger partial charge in [0.2, 0.25) is 0 Å². The summed E-state index contributed by atoms with van der Waals surface area (Å²) in [5, 5.41) is 0. The van der Waals surface area contributed by atoms with E-state index in [1.54, 1.807) is 6.07 Å². The van der Waals surface area contributed by atoms with Gasteiger partial charge in [-0.15, -0.1) is 0 Å². The van der Waals surface area contributed by atoms with E-state index in [9.17, 15) is 4.79 Å². The Kier molecular flexibility index (Phi) is 2.45. The molecular weight excluding hydrogens is 204 g/mol. The van der Waals surface area contributed by atoms with Crippen LogP contribution in [0.25, 0.3) is 0 Å². The quantitative estimate of drug-likeness (QED) is 0.781. The number of ether oxygens (including phenoxy) is 1. The number of carbonyl (C=O) groups is 1. The molecule has 0 radical (unpaired) electrons. The van der Waals surface area contributed by atoms with E-state index in [4.69, 9.17) is 10.5 Å². The van der Waals surface area contributed by atoms with Crippen LogP contribution in [0, 0.1) is 0 Å². The highest BCUT2D eigenvalue weighted by atomic mass is 16.6. The molecule has 0 aromatic carbocycles. The molecule has 1 heterocycles. The summed E-state index contributed by atoms with van der Waals surface area (Å²) in [6, 6.07) is 2.12. The summed E-state index contributed by atoms with van der Waals surface area (Å²) >= 11 is 0. The first kappa shape index (κ1) is 11.0. The number of nitrogen functional groups attached to an aromatic ring is 1. The number of hydrogen-bond acceptors (Lipinski definition) is 3. The normalized spacial score (nSPS) is 16.2. The summed E-state index contributed by atoms with van der Waals surface area (Å²) in [5.41, 5.74) is 6.43. The Morgan fingerprint density at radius 2 is 2.12 bits per heavy atom. The molecule has 0 spiro atoms. The first-order valence-electron chi connectivity index (χ1n) is 5.57. The molecule has 1 fully saturated rings. The topological polar surface area (TPSA) is 57.2 Å². The largest absolute Gasteiger partial charge is 0.455 e. The third-order valence-electron chi connectivity index (χ3n) is 2.42. The number of rotatable bonds is 2. The minimum atomic E-state index is -0.468. The number of nitrogens with two attached hydrogens (primary N) is 1. The van der Waals surface area contributed by atoms with Crippen molar-refractivity contribution >= 4 is 11.7 Å². The molecule has 88 valence electrons. The second-order valence-electron chi connectivity index (χ2n) is 5.30. The maximum atomic E-state index is 11.9. The van der Waals surface area contributed by atoms with Crippen LogP contribution in [0.2, 0.25) is 0 Å². The summed E-state index contributed by atoms with van der Waals surface area (Å²) in [7, 11) is 0. The minimum absolute atomic E-state index is 0.295. The Morgan fingerprint density at radius 1 is 1.50 bits per heavy atom. The fourth-order valence-corrected chi connectivity index (χ4v) is 1.65. The molecule has 1 saturated carbocycles. The lowest BCUT2D eigenvalue weighted by Gasteiger charge is -2.20. The highest BCUT2D eigenvalue weighted by molar-refractivity contribution is 5.89. The molecule has 1 aliphatic rings. The van der Waals surface area contributed by atoms with Crippen molar-refractivity contribution in [3.63, 3.8) is 0 Å². The average Bonchev–Trinajstić information content (AvgIpc) is 2.87. The molecule has 0 amide bonds. The molecule has 0 bridgehead atoms. The van der Waals surface area contributed by atoms with Crippen molar-refractivity contribution in [3.8, 4) is 0 Å². The van der Waals surface area contributed by atoms with Crippen molar-refractivity contribution < 1.29 is 9.53 Å². The van der Waals surface area contributed by atoms with Crippen LogP contribution in [0.3, 0.4) is 0 Å². The van der Waals surface area contributed by atoms with Gasteiger partial charge in [-0.25, -0.2) is 4.79 Å². The van der Waals surface area contributed by atoms with E-state index in [1.165, 1.54) is 0 Å². The van der Waals surface area contributed by atoms with Crippen LogP contribution in [0.15, 0.2) is 12.3 Å². The maximum Gasteiger partial charge on any atom is 0.355 e. The number of esters is 1. The average molecular weight is 222 g/mol.